The Morgan fingerprint density at radius 2 is 2.00 bits per heavy atom. The minimum absolute atomic E-state index is 0.0342. The van der Waals surface area contributed by atoms with Crippen molar-refractivity contribution in [3.63, 3.8) is 0 Å². The summed E-state index contributed by atoms with van der Waals surface area (Å²) >= 11 is 1.94. The molecule has 0 aromatic heterocycles. The Bertz CT molecular complexity index is 284. The number of hydrogen-bond donors (Lipinski definition) is 0. The smallest absolute Gasteiger partial charge is 0.139 e. The van der Waals surface area contributed by atoms with Gasteiger partial charge >= 0.3 is 0 Å². The highest BCUT2D eigenvalue weighted by Gasteiger charge is 2.53. The van der Waals surface area contributed by atoms with E-state index < -0.39 is 0 Å². The number of nitrogens with zero attached hydrogens (tertiary/aromatic N) is 1. The summed E-state index contributed by atoms with van der Waals surface area (Å²) in [7, 11) is 0. The highest BCUT2D eigenvalue weighted by atomic mass is 127. The Balaban J connectivity index is 3.17. The van der Waals surface area contributed by atoms with Crippen LogP contribution in [0.2, 0.25) is 0 Å². The molecule has 3 unspecified atom stereocenters. The molecule has 94 valence electrons. The first-order chi connectivity index (χ1) is 7.35. The van der Waals surface area contributed by atoms with Crippen molar-refractivity contribution in [1.29, 1.82) is 0 Å². The minimum Gasteiger partial charge on any atom is -0.299 e. The first kappa shape index (κ1) is 14.4. The highest BCUT2D eigenvalue weighted by molar-refractivity contribution is 14.1. The number of carbonyl (C=O) groups is 1. The lowest BCUT2D eigenvalue weighted by Crippen LogP contribution is -2.65. The summed E-state index contributed by atoms with van der Waals surface area (Å²) in [6.07, 6.45) is 2.42. The van der Waals surface area contributed by atoms with Gasteiger partial charge in [0.15, 0.2) is 0 Å². The van der Waals surface area contributed by atoms with Crippen LogP contribution in [0.25, 0.3) is 0 Å². The second-order valence-corrected chi connectivity index (χ2v) is 5.68. The van der Waals surface area contributed by atoms with E-state index in [-0.39, 0.29) is 17.0 Å². The number of hydroxylamine groups is 2. The van der Waals surface area contributed by atoms with E-state index in [1.807, 2.05) is 35.0 Å². The van der Waals surface area contributed by atoms with Crippen LogP contribution < -0.4 is 0 Å². The van der Waals surface area contributed by atoms with Gasteiger partial charge in [-0.2, -0.15) is 5.06 Å². The third kappa shape index (κ3) is 2.04. The van der Waals surface area contributed by atoms with Crippen LogP contribution in [0.4, 0.5) is 0 Å². The van der Waals surface area contributed by atoms with E-state index in [4.69, 9.17) is 3.17 Å². The van der Waals surface area contributed by atoms with Gasteiger partial charge < -0.3 is 0 Å². The molecule has 0 amide bonds. The van der Waals surface area contributed by atoms with Crippen LogP contribution in [-0.2, 0) is 7.96 Å². The zero-order valence-electron chi connectivity index (χ0n) is 10.8. The molecule has 1 rings (SSSR count). The van der Waals surface area contributed by atoms with E-state index in [0.29, 0.717) is 12.2 Å². The number of rotatable bonds is 3. The average Bonchev–Trinajstić information content (AvgIpc) is 2.26. The molecule has 0 aliphatic carbocycles. The summed E-state index contributed by atoms with van der Waals surface area (Å²) < 4.78 is 5.57. The number of Topliss-reactive ketones (excluding diaryl/α,β-unsaturated/α-hetero) is 1. The van der Waals surface area contributed by atoms with Crippen LogP contribution in [0.15, 0.2) is 0 Å². The molecule has 0 saturated carbocycles. The first-order valence-corrected chi connectivity index (χ1v) is 6.85. The van der Waals surface area contributed by atoms with Gasteiger partial charge in [0.25, 0.3) is 0 Å². The Morgan fingerprint density at radius 3 is 2.38 bits per heavy atom. The van der Waals surface area contributed by atoms with Crippen molar-refractivity contribution in [1.82, 2.24) is 5.06 Å². The molecular formula is C12H22INO2. The first-order valence-electron chi connectivity index (χ1n) is 5.97. The molecule has 0 aromatic carbocycles. The van der Waals surface area contributed by atoms with Crippen LogP contribution in [-0.4, -0.2) is 21.9 Å². The SMILES string of the molecule is CCC1(C)CC(=O)C(C)C(C)(CC)N1OI. The summed E-state index contributed by atoms with van der Waals surface area (Å²) in [6.45, 7) is 10.5. The van der Waals surface area contributed by atoms with Gasteiger partial charge in [-0.25, -0.2) is 3.17 Å². The predicted molar refractivity (Wildman–Crippen MR) is 73.1 cm³/mol. The Hall–Kier alpha value is 0.320. The normalized spacial score (nSPS) is 41.4. The number of hydrogen-bond acceptors (Lipinski definition) is 3. The molecule has 3 atom stereocenters. The average molecular weight is 339 g/mol. The maximum atomic E-state index is 12.1. The van der Waals surface area contributed by atoms with E-state index >= 15 is 0 Å². The maximum Gasteiger partial charge on any atom is 0.139 e. The fourth-order valence-electron chi connectivity index (χ4n) is 2.62. The molecule has 0 bridgehead atoms. The summed E-state index contributed by atoms with van der Waals surface area (Å²) in [4.78, 5) is 12.1. The van der Waals surface area contributed by atoms with Crippen molar-refractivity contribution in [3.05, 3.63) is 0 Å². The third-order valence-electron chi connectivity index (χ3n) is 4.47. The molecule has 1 aliphatic rings. The lowest BCUT2D eigenvalue weighted by atomic mass is 9.70. The summed E-state index contributed by atoms with van der Waals surface area (Å²) in [5, 5.41) is 2.05. The molecule has 0 spiro atoms. The van der Waals surface area contributed by atoms with Crippen molar-refractivity contribution in [2.24, 2.45) is 5.92 Å². The molecule has 0 radical (unpaired) electrons. The van der Waals surface area contributed by atoms with Crippen LogP contribution >= 0.6 is 23.0 Å². The standard InChI is InChI=1S/C12H22INO2/c1-6-11(4)8-10(15)9(3)12(5,7-2)14(11)16-13/h9H,6-8H2,1-5H3. The van der Waals surface area contributed by atoms with Gasteiger partial charge in [-0.3, -0.25) is 4.79 Å². The molecule has 1 heterocycles. The number of piperidine rings is 1. The zero-order chi connectivity index (χ0) is 12.6. The zero-order valence-corrected chi connectivity index (χ0v) is 13.0. The summed E-state index contributed by atoms with van der Waals surface area (Å²) in [5.41, 5.74) is -0.364. The van der Waals surface area contributed by atoms with Crippen molar-refractivity contribution in [3.8, 4) is 0 Å². The van der Waals surface area contributed by atoms with Crippen molar-refractivity contribution < 1.29 is 7.96 Å². The molecule has 0 aromatic rings. The molecule has 1 aliphatic heterocycles. The Labute approximate surface area is 113 Å². The van der Waals surface area contributed by atoms with Gasteiger partial charge in [0.05, 0.1) is 11.1 Å². The van der Waals surface area contributed by atoms with Gasteiger partial charge in [0, 0.05) is 12.3 Å². The fourth-order valence-corrected chi connectivity index (χ4v) is 3.55. The Morgan fingerprint density at radius 1 is 1.44 bits per heavy atom. The second-order valence-electron chi connectivity index (χ2n) is 5.29. The lowest BCUT2D eigenvalue weighted by Gasteiger charge is -2.54. The highest BCUT2D eigenvalue weighted by Crippen LogP contribution is 2.44. The molecule has 4 heteroatoms. The van der Waals surface area contributed by atoms with Crippen LogP contribution in [0, 0.1) is 5.92 Å². The van der Waals surface area contributed by atoms with Crippen molar-refractivity contribution in [2.75, 3.05) is 0 Å². The fraction of sp³-hybridized carbons (Fsp3) is 0.917. The van der Waals surface area contributed by atoms with E-state index in [0.717, 1.165) is 12.8 Å². The topological polar surface area (TPSA) is 29.5 Å². The van der Waals surface area contributed by atoms with Gasteiger partial charge in [0.1, 0.15) is 28.8 Å². The quantitative estimate of drug-likeness (QED) is 0.737. The van der Waals surface area contributed by atoms with E-state index in [2.05, 4.69) is 27.7 Å². The van der Waals surface area contributed by atoms with Crippen LogP contribution in [0.1, 0.15) is 53.9 Å². The lowest BCUT2D eigenvalue weighted by molar-refractivity contribution is -0.218. The number of carbonyl (C=O) groups excluding carboxylic acids is 1. The van der Waals surface area contributed by atoms with Gasteiger partial charge in [-0.1, -0.05) is 20.8 Å². The third-order valence-corrected chi connectivity index (χ3v) is 4.87. The van der Waals surface area contributed by atoms with E-state index in [9.17, 15) is 4.79 Å². The monoisotopic (exact) mass is 339 g/mol. The van der Waals surface area contributed by atoms with Gasteiger partial charge in [0.2, 0.25) is 0 Å². The second kappa shape index (κ2) is 4.90. The molecule has 3 nitrogen and oxygen atoms in total. The maximum absolute atomic E-state index is 12.1. The van der Waals surface area contributed by atoms with Crippen molar-refractivity contribution in [2.45, 2.75) is 65.0 Å². The molecule has 16 heavy (non-hydrogen) atoms. The summed E-state index contributed by atoms with van der Waals surface area (Å²) in [5.74, 6) is 0.394. The summed E-state index contributed by atoms with van der Waals surface area (Å²) in [6, 6.07) is 0. The molecule has 0 N–H and O–H groups in total. The molecular weight excluding hydrogens is 317 g/mol. The van der Waals surface area contributed by atoms with Crippen LogP contribution in [0.5, 0.6) is 0 Å². The van der Waals surface area contributed by atoms with Crippen molar-refractivity contribution >= 4 is 28.8 Å². The molecule has 1 fully saturated rings. The minimum atomic E-state index is -0.193. The van der Waals surface area contributed by atoms with E-state index in [1.165, 1.54) is 0 Å². The Kier molecular flexibility index (Phi) is 4.40. The van der Waals surface area contributed by atoms with Gasteiger partial charge in [-0.05, 0) is 26.7 Å². The number of halogens is 1. The molecule has 1 saturated heterocycles. The number of ketones is 1. The van der Waals surface area contributed by atoms with Gasteiger partial charge in [-0.15, -0.1) is 0 Å². The van der Waals surface area contributed by atoms with Crippen LogP contribution in [0.3, 0.4) is 0 Å². The predicted octanol–water partition coefficient (Wildman–Crippen LogP) is 3.52. The largest absolute Gasteiger partial charge is 0.299 e. The van der Waals surface area contributed by atoms with E-state index in [1.54, 1.807) is 0 Å².